The molecule has 0 aromatic carbocycles. The van der Waals surface area contributed by atoms with Gasteiger partial charge in [-0.3, -0.25) is 9.63 Å². The van der Waals surface area contributed by atoms with Crippen molar-refractivity contribution in [3.05, 3.63) is 18.0 Å². The van der Waals surface area contributed by atoms with Crippen molar-refractivity contribution in [2.24, 2.45) is 0 Å². The largest absolute Gasteiger partial charge is 0.444 e. The number of aromatic nitrogens is 2. The van der Waals surface area contributed by atoms with Crippen molar-refractivity contribution in [1.29, 1.82) is 0 Å². The van der Waals surface area contributed by atoms with Crippen LogP contribution in [0.3, 0.4) is 0 Å². The fraction of sp³-hybridized carbons (Fsp3) is 0.647. The van der Waals surface area contributed by atoms with Crippen molar-refractivity contribution >= 4 is 17.9 Å². The van der Waals surface area contributed by atoms with Gasteiger partial charge in [0.1, 0.15) is 5.60 Å². The van der Waals surface area contributed by atoms with Gasteiger partial charge in [0.05, 0.1) is 12.7 Å². The fourth-order valence-electron chi connectivity index (χ4n) is 2.61. The SMILES string of the molecule is CON(C)C(=O)c1cnc(N2CCC[C@@H](NC(=O)OC(C)(C)C)C2)nc1. The lowest BCUT2D eigenvalue weighted by molar-refractivity contribution is -0.0757. The third kappa shape index (κ3) is 5.55. The minimum absolute atomic E-state index is 0.0388. The van der Waals surface area contributed by atoms with Crippen LogP contribution in [0.1, 0.15) is 44.0 Å². The fourth-order valence-corrected chi connectivity index (χ4v) is 2.61. The van der Waals surface area contributed by atoms with Gasteiger partial charge in [0, 0.05) is 38.6 Å². The van der Waals surface area contributed by atoms with Crippen LogP contribution in [-0.2, 0) is 9.57 Å². The molecule has 1 aromatic heterocycles. The number of hydrogen-bond acceptors (Lipinski definition) is 7. The zero-order valence-corrected chi connectivity index (χ0v) is 16.0. The summed E-state index contributed by atoms with van der Waals surface area (Å²) in [5.74, 6) is 0.208. The number of piperidine rings is 1. The molecule has 1 aliphatic rings. The second-order valence-electron chi connectivity index (χ2n) is 7.19. The normalized spacial score (nSPS) is 17.6. The molecule has 2 heterocycles. The summed E-state index contributed by atoms with van der Waals surface area (Å²) in [5, 5.41) is 4.00. The molecule has 1 aliphatic heterocycles. The third-order valence-corrected chi connectivity index (χ3v) is 3.87. The maximum absolute atomic E-state index is 12.0. The standard InChI is InChI=1S/C17H27N5O4/c1-17(2,3)26-16(24)20-13-7-6-8-22(11-13)15-18-9-12(10-19-15)14(23)21(4)25-5/h9-10,13H,6-8,11H2,1-5H3,(H,20,24)/t13-/m1/s1. The van der Waals surface area contributed by atoms with Crippen molar-refractivity contribution in [1.82, 2.24) is 20.3 Å². The summed E-state index contributed by atoms with van der Waals surface area (Å²) in [7, 11) is 2.94. The quantitative estimate of drug-likeness (QED) is 0.810. The molecule has 1 atom stereocenters. The van der Waals surface area contributed by atoms with Crippen LogP contribution in [0, 0.1) is 0 Å². The zero-order chi connectivity index (χ0) is 19.3. The minimum Gasteiger partial charge on any atom is -0.444 e. The molecule has 144 valence electrons. The lowest BCUT2D eigenvalue weighted by atomic mass is 10.1. The average molecular weight is 365 g/mol. The predicted molar refractivity (Wildman–Crippen MR) is 95.7 cm³/mol. The van der Waals surface area contributed by atoms with E-state index in [0.29, 0.717) is 18.1 Å². The molecule has 0 radical (unpaired) electrons. The molecule has 0 bridgehead atoms. The first-order valence-corrected chi connectivity index (χ1v) is 8.58. The second-order valence-corrected chi connectivity index (χ2v) is 7.19. The van der Waals surface area contributed by atoms with Crippen LogP contribution in [0.25, 0.3) is 0 Å². The molecule has 1 aromatic rings. The van der Waals surface area contributed by atoms with E-state index in [0.717, 1.165) is 24.4 Å². The molecule has 0 aliphatic carbocycles. The van der Waals surface area contributed by atoms with Crippen LogP contribution in [0.5, 0.6) is 0 Å². The van der Waals surface area contributed by atoms with E-state index < -0.39 is 11.7 Å². The first-order valence-electron chi connectivity index (χ1n) is 8.58. The molecule has 9 nitrogen and oxygen atoms in total. The monoisotopic (exact) mass is 365 g/mol. The van der Waals surface area contributed by atoms with Crippen molar-refractivity contribution in [2.75, 3.05) is 32.1 Å². The van der Waals surface area contributed by atoms with Gasteiger partial charge in [0.15, 0.2) is 0 Å². The highest BCUT2D eigenvalue weighted by Crippen LogP contribution is 2.17. The van der Waals surface area contributed by atoms with E-state index in [1.807, 2.05) is 25.7 Å². The van der Waals surface area contributed by atoms with Gasteiger partial charge >= 0.3 is 6.09 Å². The number of alkyl carbamates (subject to hydrolysis) is 1. The number of anilines is 1. The Bertz CT molecular complexity index is 629. The van der Waals surface area contributed by atoms with E-state index in [-0.39, 0.29) is 11.9 Å². The van der Waals surface area contributed by atoms with Crippen LogP contribution in [0.2, 0.25) is 0 Å². The van der Waals surface area contributed by atoms with Crippen LogP contribution >= 0.6 is 0 Å². The summed E-state index contributed by atoms with van der Waals surface area (Å²) >= 11 is 0. The maximum atomic E-state index is 12.0. The number of rotatable bonds is 4. The van der Waals surface area contributed by atoms with Gasteiger partial charge in [0.25, 0.3) is 5.91 Å². The summed E-state index contributed by atoms with van der Waals surface area (Å²) in [5.41, 5.74) is -0.183. The van der Waals surface area contributed by atoms with Crippen LogP contribution in [-0.4, -0.2) is 65.9 Å². The summed E-state index contributed by atoms with van der Waals surface area (Å²) in [6.07, 6.45) is 4.30. The van der Waals surface area contributed by atoms with E-state index in [4.69, 9.17) is 9.57 Å². The molecule has 2 amide bonds. The molecule has 9 heteroatoms. The first kappa shape index (κ1) is 19.9. The van der Waals surface area contributed by atoms with E-state index in [2.05, 4.69) is 15.3 Å². The van der Waals surface area contributed by atoms with Gasteiger partial charge in [-0.25, -0.2) is 19.8 Å². The Hall–Kier alpha value is -2.42. The molecule has 0 spiro atoms. The Labute approximate surface area is 153 Å². The molecule has 1 fully saturated rings. The third-order valence-electron chi connectivity index (χ3n) is 3.87. The Morgan fingerprint density at radius 3 is 2.54 bits per heavy atom. The molecule has 2 rings (SSSR count). The van der Waals surface area contributed by atoms with Crippen molar-refractivity contribution in [3.63, 3.8) is 0 Å². The van der Waals surface area contributed by atoms with E-state index in [1.165, 1.54) is 26.6 Å². The number of nitrogens with one attached hydrogen (secondary N) is 1. The highest BCUT2D eigenvalue weighted by atomic mass is 16.7. The van der Waals surface area contributed by atoms with Crippen LogP contribution < -0.4 is 10.2 Å². The Kier molecular flexibility index (Phi) is 6.36. The van der Waals surface area contributed by atoms with Gasteiger partial charge in [0.2, 0.25) is 5.95 Å². The lowest BCUT2D eigenvalue weighted by Crippen LogP contribution is -2.49. The molecular weight excluding hydrogens is 338 g/mol. The number of hydrogen-bond donors (Lipinski definition) is 1. The van der Waals surface area contributed by atoms with Crippen LogP contribution in [0.4, 0.5) is 10.7 Å². The number of ether oxygens (including phenoxy) is 1. The van der Waals surface area contributed by atoms with Gasteiger partial charge in [-0.15, -0.1) is 0 Å². The number of nitrogens with zero attached hydrogens (tertiary/aromatic N) is 4. The summed E-state index contributed by atoms with van der Waals surface area (Å²) in [4.78, 5) is 39.4. The number of amides is 2. The predicted octanol–water partition coefficient (Wildman–Crippen LogP) is 1.60. The molecular formula is C17H27N5O4. The average Bonchev–Trinajstić information content (AvgIpc) is 2.59. The first-order chi connectivity index (χ1) is 12.2. The van der Waals surface area contributed by atoms with E-state index in [1.54, 1.807) is 0 Å². The van der Waals surface area contributed by atoms with Gasteiger partial charge in [-0.05, 0) is 33.6 Å². The topological polar surface area (TPSA) is 96.9 Å². The second kappa shape index (κ2) is 8.31. The summed E-state index contributed by atoms with van der Waals surface area (Å²) in [6.45, 7) is 6.87. The van der Waals surface area contributed by atoms with Crippen molar-refractivity contribution in [2.45, 2.75) is 45.3 Å². The highest BCUT2D eigenvalue weighted by Gasteiger charge is 2.25. The molecule has 0 saturated carbocycles. The summed E-state index contributed by atoms with van der Waals surface area (Å²) < 4.78 is 5.30. The van der Waals surface area contributed by atoms with Crippen molar-refractivity contribution in [3.8, 4) is 0 Å². The minimum atomic E-state index is -0.528. The van der Waals surface area contributed by atoms with Crippen LogP contribution in [0.15, 0.2) is 12.4 Å². The Morgan fingerprint density at radius 2 is 1.96 bits per heavy atom. The molecule has 26 heavy (non-hydrogen) atoms. The van der Waals surface area contributed by atoms with E-state index >= 15 is 0 Å². The molecule has 1 saturated heterocycles. The Morgan fingerprint density at radius 1 is 1.31 bits per heavy atom. The Balaban J connectivity index is 1.96. The highest BCUT2D eigenvalue weighted by molar-refractivity contribution is 5.92. The van der Waals surface area contributed by atoms with E-state index in [9.17, 15) is 9.59 Å². The smallest absolute Gasteiger partial charge is 0.407 e. The lowest BCUT2D eigenvalue weighted by Gasteiger charge is -2.33. The van der Waals surface area contributed by atoms with Gasteiger partial charge < -0.3 is 15.0 Å². The summed E-state index contributed by atoms with van der Waals surface area (Å²) in [6, 6.07) is -0.0388. The van der Waals surface area contributed by atoms with Gasteiger partial charge in [-0.1, -0.05) is 0 Å². The number of carbonyl (C=O) groups excluding carboxylic acids is 2. The molecule has 0 unspecified atom stereocenters. The zero-order valence-electron chi connectivity index (χ0n) is 16.0. The molecule has 1 N–H and O–H groups in total. The number of carbonyl (C=O) groups is 2. The number of hydroxylamine groups is 2. The van der Waals surface area contributed by atoms with Gasteiger partial charge in [-0.2, -0.15) is 0 Å². The van der Waals surface area contributed by atoms with Crippen molar-refractivity contribution < 1.29 is 19.2 Å². The maximum Gasteiger partial charge on any atom is 0.407 e.